The molecule has 6 nitrogen and oxygen atoms in total. The molecule has 3 aliphatic rings. The lowest BCUT2D eigenvalue weighted by atomic mass is 9.72. The number of benzene rings is 1. The lowest BCUT2D eigenvalue weighted by Crippen LogP contribution is -2.34. The van der Waals surface area contributed by atoms with Crippen molar-refractivity contribution in [1.82, 2.24) is 4.90 Å². The van der Waals surface area contributed by atoms with Crippen molar-refractivity contribution in [2.45, 2.75) is 46.0 Å². The molecule has 1 aromatic carbocycles. The summed E-state index contributed by atoms with van der Waals surface area (Å²) in [7, 11) is 5.01. The van der Waals surface area contributed by atoms with Gasteiger partial charge in [-0.05, 0) is 74.2 Å². The Hall–Kier alpha value is -1.95. The van der Waals surface area contributed by atoms with Crippen LogP contribution in [-0.4, -0.2) is 58.2 Å². The maximum Gasteiger partial charge on any atom is 0.203 e. The smallest absolute Gasteiger partial charge is 0.203 e. The van der Waals surface area contributed by atoms with Gasteiger partial charge in [-0.3, -0.25) is 0 Å². The second-order valence-corrected chi connectivity index (χ2v) is 9.49. The highest BCUT2D eigenvalue weighted by atomic mass is 16.6. The van der Waals surface area contributed by atoms with Crippen LogP contribution >= 0.6 is 0 Å². The maximum absolute atomic E-state index is 5.92. The van der Waals surface area contributed by atoms with Crippen LogP contribution in [0.2, 0.25) is 0 Å². The molecule has 3 fully saturated rings. The van der Waals surface area contributed by atoms with E-state index in [0.717, 1.165) is 55.3 Å². The Kier molecular flexibility index (Phi) is 7.49. The van der Waals surface area contributed by atoms with Crippen LogP contribution in [0, 0.1) is 29.6 Å². The van der Waals surface area contributed by atoms with Crippen LogP contribution in [0.5, 0.6) is 17.2 Å². The van der Waals surface area contributed by atoms with E-state index in [9.17, 15) is 0 Å². The Balaban J connectivity index is 1.55. The van der Waals surface area contributed by atoms with E-state index in [1.165, 1.54) is 37.0 Å². The zero-order chi connectivity index (χ0) is 22.7. The molecule has 0 radical (unpaired) electrons. The molecular weight excluding hydrogens is 404 g/mol. The largest absolute Gasteiger partial charge is 0.493 e. The van der Waals surface area contributed by atoms with Gasteiger partial charge in [-0.25, -0.2) is 0 Å². The van der Waals surface area contributed by atoms with Crippen molar-refractivity contribution in [1.29, 1.82) is 0 Å². The van der Waals surface area contributed by atoms with E-state index in [1.54, 1.807) is 21.3 Å². The molecule has 0 amide bonds. The van der Waals surface area contributed by atoms with E-state index >= 15 is 0 Å². The van der Waals surface area contributed by atoms with Gasteiger partial charge in [0.05, 0.1) is 27.0 Å². The number of nitrogens with zero attached hydrogens (tertiary/aromatic N) is 2. The predicted molar refractivity (Wildman–Crippen MR) is 127 cm³/mol. The molecule has 6 heteroatoms. The van der Waals surface area contributed by atoms with E-state index in [2.05, 4.69) is 30.9 Å². The lowest BCUT2D eigenvalue weighted by Gasteiger charge is -2.33. The first kappa shape index (κ1) is 23.2. The van der Waals surface area contributed by atoms with E-state index in [0.29, 0.717) is 24.2 Å². The van der Waals surface area contributed by atoms with Gasteiger partial charge in [0.2, 0.25) is 5.75 Å². The number of oxime groups is 1. The summed E-state index contributed by atoms with van der Waals surface area (Å²) in [6, 6.07) is 4.19. The van der Waals surface area contributed by atoms with Crippen molar-refractivity contribution in [2.24, 2.45) is 34.7 Å². The van der Waals surface area contributed by atoms with E-state index in [4.69, 9.17) is 24.2 Å². The summed E-state index contributed by atoms with van der Waals surface area (Å²) < 4.78 is 16.7. The van der Waals surface area contributed by atoms with Crippen molar-refractivity contribution in [2.75, 3.05) is 47.6 Å². The second-order valence-electron chi connectivity index (χ2n) is 9.49. The Morgan fingerprint density at radius 3 is 2.25 bits per heavy atom. The molecule has 2 bridgehead atoms. The third kappa shape index (κ3) is 4.30. The minimum atomic E-state index is 0.440. The van der Waals surface area contributed by atoms with Gasteiger partial charge in [0.15, 0.2) is 11.5 Å². The highest BCUT2D eigenvalue weighted by Gasteiger charge is 2.57. The average Bonchev–Trinajstić information content (AvgIpc) is 3.51. The predicted octanol–water partition coefficient (Wildman–Crippen LogP) is 4.65. The normalized spacial score (nSPS) is 29.6. The standard InChI is InChI=1S/C26H40N2O4/c1-6-28(7-2)11-12-32-27-25-21(20-16-22(25)19-10-8-9-18(19)20)13-17-14-23(29-3)26(31-5)24(15-17)30-4/h14-15,18-22H,6-13,16H2,1-5H3/b27-25-/t18-,19+,20-,21+,22+/m1/s1. The third-order valence-electron chi connectivity index (χ3n) is 8.24. The SMILES string of the molecule is CCN(CC)CCO/N=C1/[C@@H](Cc2cc(OC)c(OC)c(OC)c2)[C@@H]2C[C@H]1[C@H]1CCC[C@@H]21. The summed E-state index contributed by atoms with van der Waals surface area (Å²) in [4.78, 5) is 8.30. The first-order valence-corrected chi connectivity index (χ1v) is 12.4. The topological polar surface area (TPSA) is 52.5 Å². The zero-order valence-corrected chi connectivity index (χ0v) is 20.4. The first-order valence-electron chi connectivity index (χ1n) is 12.4. The lowest BCUT2D eigenvalue weighted by molar-refractivity contribution is 0.110. The number of likely N-dealkylation sites (N-methyl/N-ethyl adjacent to an activating group) is 1. The zero-order valence-electron chi connectivity index (χ0n) is 20.4. The number of hydrogen-bond acceptors (Lipinski definition) is 6. The number of rotatable bonds is 11. The van der Waals surface area contributed by atoms with Gasteiger partial charge in [0, 0.05) is 18.4 Å². The van der Waals surface area contributed by atoms with Crippen molar-refractivity contribution in [3.63, 3.8) is 0 Å². The van der Waals surface area contributed by atoms with Gasteiger partial charge in [-0.2, -0.15) is 0 Å². The van der Waals surface area contributed by atoms with Crippen molar-refractivity contribution >= 4 is 5.71 Å². The second kappa shape index (κ2) is 10.3. The Morgan fingerprint density at radius 1 is 0.938 bits per heavy atom. The molecular formula is C26H40N2O4. The monoisotopic (exact) mass is 444 g/mol. The molecule has 4 rings (SSSR count). The molecule has 0 aromatic heterocycles. The fraction of sp³-hybridized carbons (Fsp3) is 0.731. The molecule has 5 atom stereocenters. The highest BCUT2D eigenvalue weighted by molar-refractivity contribution is 5.92. The summed E-state index contributed by atoms with van der Waals surface area (Å²) in [6.45, 7) is 8.08. The molecule has 0 heterocycles. The van der Waals surface area contributed by atoms with E-state index in [1.807, 2.05) is 0 Å². The molecule has 178 valence electrons. The van der Waals surface area contributed by atoms with Crippen LogP contribution in [0.4, 0.5) is 0 Å². The number of ether oxygens (including phenoxy) is 3. The molecule has 1 aromatic rings. The van der Waals surface area contributed by atoms with Crippen LogP contribution in [0.3, 0.4) is 0 Å². The van der Waals surface area contributed by atoms with Crippen LogP contribution < -0.4 is 14.2 Å². The van der Waals surface area contributed by atoms with Gasteiger partial charge in [0.1, 0.15) is 6.61 Å². The molecule has 0 N–H and O–H groups in total. The molecule has 0 spiro atoms. The summed E-state index contributed by atoms with van der Waals surface area (Å²) in [6.07, 6.45) is 6.34. The third-order valence-corrected chi connectivity index (χ3v) is 8.24. The molecule has 0 saturated heterocycles. The molecule has 0 aliphatic heterocycles. The van der Waals surface area contributed by atoms with Crippen molar-refractivity contribution in [3.05, 3.63) is 17.7 Å². The van der Waals surface area contributed by atoms with Gasteiger partial charge in [-0.15, -0.1) is 0 Å². The molecule has 3 saturated carbocycles. The minimum absolute atomic E-state index is 0.440. The quantitative estimate of drug-likeness (QED) is 0.367. The number of methoxy groups -OCH3 is 3. The summed E-state index contributed by atoms with van der Waals surface area (Å²) in [5, 5.41) is 4.81. The van der Waals surface area contributed by atoms with Crippen molar-refractivity contribution < 1.29 is 19.0 Å². The molecule has 3 aliphatic carbocycles. The van der Waals surface area contributed by atoms with E-state index < -0.39 is 0 Å². The van der Waals surface area contributed by atoms with Crippen LogP contribution in [0.1, 0.15) is 45.1 Å². The number of fused-ring (bicyclic) bond motifs is 5. The van der Waals surface area contributed by atoms with Gasteiger partial charge in [-0.1, -0.05) is 25.4 Å². The Bertz CT molecular complexity index is 782. The van der Waals surface area contributed by atoms with Crippen LogP contribution in [0.25, 0.3) is 0 Å². The summed E-state index contributed by atoms with van der Waals surface area (Å²) in [5.41, 5.74) is 2.52. The van der Waals surface area contributed by atoms with E-state index in [-0.39, 0.29) is 0 Å². The summed E-state index contributed by atoms with van der Waals surface area (Å²) in [5.74, 6) is 5.54. The Labute approximate surface area is 193 Å². The molecule has 0 unspecified atom stereocenters. The van der Waals surface area contributed by atoms with Gasteiger partial charge in [0.25, 0.3) is 0 Å². The van der Waals surface area contributed by atoms with Crippen LogP contribution in [0.15, 0.2) is 17.3 Å². The number of hydrogen-bond donors (Lipinski definition) is 0. The minimum Gasteiger partial charge on any atom is -0.493 e. The fourth-order valence-corrected chi connectivity index (χ4v) is 6.72. The Morgan fingerprint density at radius 2 is 1.62 bits per heavy atom. The van der Waals surface area contributed by atoms with Crippen LogP contribution in [-0.2, 0) is 11.3 Å². The maximum atomic E-state index is 5.92. The average molecular weight is 445 g/mol. The highest BCUT2D eigenvalue weighted by Crippen LogP contribution is 2.60. The van der Waals surface area contributed by atoms with Crippen molar-refractivity contribution in [3.8, 4) is 17.2 Å². The first-order chi connectivity index (χ1) is 15.6. The van der Waals surface area contributed by atoms with Gasteiger partial charge >= 0.3 is 0 Å². The van der Waals surface area contributed by atoms with Gasteiger partial charge < -0.3 is 23.9 Å². The molecule has 32 heavy (non-hydrogen) atoms. The summed E-state index contributed by atoms with van der Waals surface area (Å²) >= 11 is 0. The fourth-order valence-electron chi connectivity index (χ4n) is 6.72.